The number of amides is 1. The molecule has 3 rings (SSSR count). The lowest BCUT2D eigenvalue weighted by Crippen LogP contribution is -2.49. The monoisotopic (exact) mass is 342 g/mol. The molecule has 1 fully saturated rings. The molecule has 1 aliphatic rings. The molecule has 1 saturated heterocycles. The first-order valence-corrected chi connectivity index (χ1v) is 8.33. The van der Waals surface area contributed by atoms with Crippen molar-refractivity contribution in [1.82, 2.24) is 24.8 Å². The first kappa shape index (κ1) is 17.1. The fourth-order valence-corrected chi connectivity index (χ4v) is 3.06. The van der Waals surface area contributed by atoms with Crippen LogP contribution in [0, 0.1) is 13.8 Å². The zero-order valence-electron chi connectivity index (χ0n) is 14.7. The number of rotatable bonds is 3. The van der Waals surface area contributed by atoms with Gasteiger partial charge in [-0.15, -0.1) is 0 Å². The minimum Gasteiger partial charge on any atom is -0.350 e. The molecular weight excluding hydrogens is 320 g/mol. The number of carbonyl (C=O) groups is 1. The van der Waals surface area contributed by atoms with Gasteiger partial charge in [0.05, 0.1) is 11.3 Å². The zero-order chi connectivity index (χ0) is 18.0. The van der Waals surface area contributed by atoms with Crippen molar-refractivity contribution in [2.45, 2.75) is 32.7 Å². The molecule has 1 N–H and O–H groups in total. The SMILES string of the molecule is Cc1ncc(C(=O)N[C@H]2CCCN(c3nccn(C)c3=O)C2)c(C)n1. The average molecular weight is 342 g/mol. The second-order valence-corrected chi connectivity index (χ2v) is 6.34. The number of piperidine rings is 1. The van der Waals surface area contributed by atoms with Crippen molar-refractivity contribution < 1.29 is 4.79 Å². The summed E-state index contributed by atoms with van der Waals surface area (Å²) in [5.41, 5.74) is 1.02. The predicted molar refractivity (Wildman–Crippen MR) is 93.7 cm³/mol. The van der Waals surface area contributed by atoms with Gasteiger partial charge in [-0.25, -0.2) is 15.0 Å². The van der Waals surface area contributed by atoms with Gasteiger partial charge in [0.15, 0.2) is 5.82 Å². The standard InChI is InChI=1S/C17H22N6O2/c1-11-14(9-19-12(2)20-11)16(24)21-13-5-4-7-23(10-13)15-17(25)22(3)8-6-18-15/h6,8-9,13H,4-5,7,10H2,1-3H3,(H,21,24)/t13-/m0/s1. The molecule has 1 amide bonds. The van der Waals surface area contributed by atoms with Crippen LogP contribution in [0.5, 0.6) is 0 Å². The first-order chi connectivity index (χ1) is 12.0. The molecule has 25 heavy (non-hydrogen) atoms. The summed E-state index contributed by atoms with van der Waals surface area (Å²) in [7, 11) is 1.71. The van der Waals surface area contributed by atoms with Crippen molar-refractivity contribution in [3.05, 3.63) is 46.0 Å². The summed E-state index contributed by atoms with van der Waals surface area (Å²) in [6, 6.07) is -0.0475. The molecule has 1 atom stereocenters. The molecule has 0 bridgehead atoms. The Morgan fingerprint density at radius 3 is 2.88 bits per heavy atom. The van der Waals surface area contributed by atoms with Crippen molar-refractivity contribution in [3.8, 4) is 0 Å². The van der Waals surface area contributed by atoms with Crippen LogP contribution >= 0.6 is 0 Å². The van der Waals surface area contributed by atoms with Crippen LogP contribution in [0.15, 0.2) is 23.4 Å². The highest BCUT2D eigenvalue weighted by molar-refractivity contribution is 5.95. The van der Waals surface area contributed by atoms with E-state index in [-0.39, 0.29) is 17.5 Å². The van der Waals surface area contributed by atoms with E-state index in [0.29, 0.717) is 29.4 Å². The molecular formula is C17H22N6O2. The van der Waals surface area contributed by atoms with Crippen molar-refractivity contribution in [3.63, 3.8) is 0 Å². The number of nitrogens with one attached hydrogen (secondary N) is 1. The Morgan fingerprint density at radius 1 is 1.32 bits per heavy atom. The fraction of sp³-hybridized carbons (Fsp3) is 0.471. The molecule has 0 unspecified atom stereocenters. The van der Waals surface area contributed by atoms with Gasteiger partial charge in [-0.2, -0.15) is 0 Å². The maximum Gasteiger partial charge on any atom is 0.293 e. The minimum atomic E-state index is -0.182. The van der Waals surface area contributed by atoms with Gasteiger partial charge in [-0.05, 0) is 26.7 Å². The molecule has 8 heteroatoms. The molecule has 8 nitrogen and oxygen atoms in total. The third-order valence-corrected chi connectivity index (χ3v) is 4.40. The first-order valence-electron chi connectivity index (χ1n) is 8.33. The van der Waals surface area contributed by atoms with Gasteiger partial charge >= 0.3 is 0 Å². The number of aryl methyl sites for hydroxylation is 3. The maximum absolute atomic E-state index is 12.5. The second kappa shape index (κ2) is 7.00. The normalized spacial score (nSPS) is 17.4. The van der Waals surface area contributed by atoms with E-state index in [0.717, 1.165) is 19.4 Å². The van der Waals surface area contributed by atoms with Gasteiger partial charge in [0.2, 0.25) is 0 Å². The third kappa shape index (κ3) is 3.67. The Morgan fingerprint density at radius 2 is 2.12 bits per heavy atom. The average Bonchev–Trinajstić information content (AvgIpc) is 2.57. The zero-order valence-corrected chi connectivity index (χ0v) is 14.7. The van der Waals surface area contributed by atoms with E-state index in [9.17, 15) is 9.59 Å². The Labute approximate surface area is 145 Å². The van der Waals surface area contributed by atoms with Crippen molar-refractivity contribution >= 4 is 11.7 Å². The lowest BCUT2D eigenvalue weighted by molar-refractivity contribution is 0.0931. The molecule has 2 aromatic rings. The number of aromatic nitrogens is 4. The van der Waals surface area contributed by atoms with Crippen molar-refractivity contribution in [1.29, 1.82) is 0 Å². The molecule has 132 valence electrons. The Bertz CT molecular complexity index is 847. The fourth-order valence-electron chi connectivity index (χ4n) is 3.06. The number of anilines is 1. The number of hydrogen-bond acceptors (Lipinski definition) is 6. The van der Waals surface area contributed by atoms with E-state index >= 15 is 0 Å². The molecule has 3 heterocycles. The molecule has 0 aromatic carbocycles. The molecule has 0 aliphatic carbocycles. The predicted octanol–water partition coefficient (Wildman–Crippen LogP) is 0.586. The van der Waals surface area contributed by atoms with Crippen LogP contribution in [-0.2, 0) is 7.05 Å². The third-order valence-electron chi connectivity index (χ3n) is 4.40. The van der Waals surface area contributed by atoms with E-state index in [2.05, 4.69) is 20.3 Å². The number of hydrogen-bond donors (Lipinski definition) is 1. The summed E-state index contributed by atoms with van der Waals surface area (Å²) < 4.78 is 1.51. The Kier molecular flexibility index (Phi) is 4.78. The Balaban J connectivity index is 1.72. The molecule has 0 saturated carbocycles. The number of carbonyl (C=O) groups excluding carboxylic acids is 1. The van der Waals surface area contributed by atoms with Crippen molar-refractivity contribution in [2.24, 2.45) is 7.05 Å². The summed E-state index contributed by atoms with van der Waals surface area (Å²) in [6.45, 7) is 4.91. The number of nitrogens with zero attached hydrogens (tertiary/aromatic N) is 5. The van der Waals surface area contributed by atoms with E-state index in [1.165, 1.54) is 4.57 Å². The van der Waals surface area contributed by atoms with Gasteiger partial charge in [0.25, 0.3) is 11.5 Å². The van der Waals surface area contributed by atoms with E-state index in [4.69, 9.17) is 0 Å². The van der Waals surface area contributed by atoms with Gasteiger partial charge in [-0.3, -0.25) is 9.59 Å². The molecule has 0 radical (unpaired) electrons. The molecule has 1 aliphatic heterocycles. The van der Waals surface area contributed by atoms with Crippen LogP contribution in [0.3, 0.4) is 0 Å². The summed E-state index contributed by atoms with van der Waals surface area (Å²) in [5.74, 6) is 0.890. The summed E-state index contributed by atoms with van der Waals surface area (Å²) >= 11 is 0. The second-order valence-electron chi connectivity index (χ2n) is 6.34. The topological polar surface area (TPSA) is 93.0 Å². The highest BCUT2D eigenvalue weighted by Gasteiger charge is 2.25. The lowest BCUT2D eigenvalue weighted by Gasteiger charge is -2.33. The molecule has 0 spiro atoms. The van der Waals surface area contributed by atoms with Crippen LogP contribution in [0.4, 0.5) is 5.82 Å². The highest BCUT2D eigenvalue weighted by Crippen LogP contribution is 2.15. The Hall–Kier alpha value is -2.77. The minimum absolute atomic E-state index is 0.0475. The summed E-state index contributed by atoms with van der Waals surface area (Å²) in [5, 5.41) is 3.03. The quantitative estimate of drug-likeness (QED) is 0.877. The summed E-state index contributed by atoms with van der Waals surface area (Å²) in [6.07, 6.45) is 6.55. The van der Waals surface area contributed by atoms with Crippen LogP contribution < -0.4 is 15.8 Å². The lowest BCUT2D eigenvalue weighted by atomic mass is 10.0. The van der Waals surface area contributed by atoms with E-state index < -0.39 is 0 Å². The van der Waals surface area contributed by atoms with Gasteiger partial charge < -0.3 is 14.8 Å². The smallest absolute Gasteiger partial charge is 0.293 e. The maximum atomic E-state index is 12.5. The summed E-state index contributed by atoms with van der Waals surface area (Å²) in [4.78, 5) is 39.3. The molecule has 2 aromatic heterocycles. The highest BCUT2D eigenvalue weighted by atomic mass is 16.2. The van der Waals surface area contributed by atoms with Crippen molar-refractivity contribution in [2.75, 3.05) is 18.0 Å². The van der Waals surface area contributed by atoms with Crippen LogP contribution in [0.2, 0.25) is 0 Å². The van der Waals surface area contributed by atoms with E-state index in [1.54, 1.807) is 39.5 Å². The van der Waals surface area contributed by atoms with Crippen LogP contribution in [-0.4, -0.2) is 44.6 Å². The van der Waals surface area contributed by atoms with Gasteiger partial charge in [-0.1, -0.05) is 0 Å². The van der Waals surface area contributed by atoms with Gasteiger partial charge in [0, 0.05) is 44.8 Å². The van der Waals surface area contributed by atoms with Crippen LogP contribution in [0.25, 0.3) is 0 Å². The van der Waals surface area contributed by atoms with E-state index in [1.807, 2.05) is 4.90 Å². The van der Waals surface area contributed by atoms with Gasteiger partial charge in [0.1, 0.15) is 5.82 Å². The largest absolute Gasteiger partial charge is 0.350 e. The van der Waals surface area contributed by atoms with Crippen LogP contribution in [0.1, 0.15) is 34.7 Å².